The van der Waals surface area contributed by atoms with Crippen LogP contribution in [-0.4, -0.2) is 34.1 Å². The van der Waals surface area contributed by atoms with Crippen molar-refractivity contribution in [2.45, 2.75) is 25.9 Å². The molecule has 0 radical (unpaired) electrons. The molecular formula is C21H19N3O3. The first kappa shape index (κ1) is 18.3. The molecule has 0 bridgehead atoms. The molecule has 0 saturated carbocycles. The van der Waals surface area contributed by atoms with Gasteiger partial charge in [0, 0.05) is 24.9 Å². The summed E-state index contributed by atoms with van der Waals surface area (Å²) in [6, 6.07) is 18.3. The zero-order valence-electron chi connectivity index (χ0n) is 14.8. The molecule has 2 aromatic rings. The number of carbonyl (C=O) groups excluding carboxylic acids is 3. The van der Waals surface area contributed by atoms with Gasteiger partial charge < -0.3 is 4.90 Å². The van der Waals surface area contributed by atoms with Crippen LogP contribution in [0.5, 0.6) is 0 Å². The zero-order valence-corrected chi connectivity index (χ0v) is 14.8. The van der Waals surface area contributed by atoms with Gasteiger partial charge in [0.05, 0.1) is 12.6 Å². The van der Waals surface area contributed by atoms with Gasteiger partial charge in [-0.2, -0.15) is 5.26 Å². The zero-order chi connectivity index (χ0) is 19.2. The Morgan fingerprint density at radius 3 is 2.19 bits per heavy atom. The standard InChI is InChI=1S/C21H19N3O3/c22-12-13-23(14-16-4-2-1-3-5-16)21(27)18-8-6-17(7-9-18)15-24-19(25)10-11-20(24)26/h1-9H,10-11,13-15H2. The molecule has 1 saturated heterocycles. The summed E-state index contributed by atoms with van der Waals surface area (Å²) >= 11 is 0. The third kappa shape index (κ3) is 4.39. The van der Waals surface area contributed by atoms with Crippen LogP contribution in [0.15, 0.2) is 54.6 Å². The Kier molecular flexibility index (Phi) is 5.62. The van der Waals surface area contributed by atoms with Gasteiger partial charge >= 0.3 is 0 Å². The molecule has 0 aliphatic carbocycles. The van der Waals surface area contributed by atoms with Gasteiger partial charge in [-0.15, -0.1) is 0 Å². The number of amides is 3. The predicted molar refractivity (Wildman–Crippen MR) is 98.0 cm³/mol. The van der Waals surface area contributed by atoms with Gasteiger partial charge in [0.1, 0.15) is 6.54 Å². The first-order chi connectivity index (χ1) is 13.1. The van der Waals surface area contributed by atoms with Crippen molar-refractivity contribution >= 4 is 17.7 Å². The second kappa shape index (κ2) is 8.28. The SMILES string of the molecule is N#CCN(Cc1ccccc1)C(=O)c1ccc(CN2C(=O)CCC2=O)cc1. The van der Waals surface area contributed by atoms with E-state index in [1.54, 1.807) is 24.3 Å². The first-order valence-corrected chi connectivity index (χ1v) is 8.71. The average molecular weight is 361 g/mol. The fourth-order valence-electron chi connectivity index (χ4n) is 3.01. The topological polar surface area (TPSA) is 81.5 Å². The molecule has 1 fully saturated rings. The van der Waals surface area contributed by atoms with E-state index in [1.807, 2.05) is 36.4 Å². The molecular weight excluding hydrogens is 342 g/mol. The second-order valence-corrected chi connectivity index (χ2v) is 6.38. The molecule has 0 spiro atoms. The number of rotatable bonds is 6. The van der Waals surface area contributed by atoms with Crippen LogP contribution in [0, 0.1) is 11.3 Å². The monoisotopic (exact) mass is 361 g/mol. The van der Waals surface area contributed by atoms with Crippen LogP contribution in [-0.2, 0) is 22.7 Å². The minimum Gasteiger partial charge on any atom is -0.321 e. The van der Waals surface area contributed by atoms with E-state index < -0.39 is 0 Å². The van der Waals surface area contributed by atoms with Gasteiger partial charge in [0.15, 0.2) is 0 Å². The van der Waals surface area contributed by atoms with Gasteiger partial charge in [0.25, 0.3) is 5.91 Å². The maximum Gasteiger partial charge on any atom is 0.255 e. The summed E-state index contributed by atoms with van der Waals surface area (Å²) in [5.74, 6) is -0.563. The number of benzene rings is 2. The molecule has 27 heavy (non-hydrogen) atoms. The number of nitrogens with zero attached hydrogens (tertiary/aromatic N) is 3. The number of carbonyl (C=O) groups is 3. The fraction of sp³-hybridized carbons (Fsp3) is 0.238. The quantitative estimate of drug-likeness (QED) is 0.585. The number of hydrogen-bond donors (Lipinski definition) is 0. The van der Waals surface area contributed by atoms with E-state index in [4.69, 9.17) is 5.26 Å². The molecule has 1 aliphatic rings. The first-order valence-electron chi connectivity index (χ1n) is 8.71. The third-order valence-corrected chi connectivity index (χ3v) is 4.46. The third-order valence-electron chi connectivity index (χ3n) is 4.46. The minimum absolute atomic E-state index is 0.00768. The van der Waals surface area contributed by atoms with Crippen LogP contribution < -0.4 is 0 Å². The van der Waals surface area contributed by atoms with Gasteiger partial charge in [-0.25, -0.2) is 0 Å². The van der Waals surface area contributed by atoms with Crippen molar-refractivity contribution in [3.05, 3.63) is 71.3 Å². The molecule has 6 heteroatoms. The fourth-order valence-corrected chi connectivity index (χ4v) is 3.01. The van der Waals surface area contributed by atoms with Crippen molar-refractivity contribution in [2.24, 2.45) is 0 Å². The highest BCUT2D eigenvalue weighted by molar-refractivity contribution is 6.01. The van der Waals surface area contributed by atoms with Crippen LogP contribution >= 0.6 is 0 Å². The Bertz CT molecular complexity index is 869. The van der Waals surface area contributed by atoms with Crippen molar-refractivity contribution in [3.63, 3.8) is 0 Å². The molecule has 0 unspecified atom stereocenters. The molecule has 3 amide bonds. The smallest absolute Gasteiger partial charge is 0.255 e. The average Bonchev–Trinajstić information content (AvgIpc) is 3.00. The Hall–Kier alpha value is -3.46. The normalized spacial score (nSPS) is 13.5. The van der Waals surface area contributed by atoms with Crippen molar-refractivity contribution in [3.8, 4) is 6.07 Å². The van der Waals surface area contributed by atoms with E-state index in [9.17, 15) is 14.4 Å². The van der Waals surface area contributed by atoms with Crippen LogP contribution in [0.2, 0.25) is 0 Å². The molecule has 6 nitrogen and oxygen atoms in total. The van der Waals surface area contributed by atoms with Crippen molar-refractivity contribution < 1.29 is 14.4 Å². The summed E-state index contributed by atoms with van der Waals surface area (Å²) < 4.78 is 0. The highest BCUT2D eigenvalue weighted by Crippen LogP contribution is 2.17. The van der Waals surface area contributed by atoms with Crippen LogP contribution in [0.1, 0.15) is 34.3 Å². The maximum absolute atomic E-state index is 12.8. The van der Waals surface area contributed by atoms with Gasteiger partial charge in [0.2, 0.25) is 11.8 Å². The van der Waals surface area contributed by atoms with Crippen LogP contribution in [0.4, 0.5) is 0 Å². The Morgan fingerprint density at radius 2 is 1.59 bits per heavy atom. The van der Waals surface area contributed by atoms with Gasteiger partial charge in [-0.3, -0.25) is 19.3 Å². The summed E-state index contributed by atoms with van der Waals surface area (Å²) in [4.78, 5) is 38.9. The van der Waals surface area contributed by atoms with Crippen molar-refractivity contribution in [1.29, 1.82) is 5.26 Å². The second-order valence-electron chi connectivity index (χ2n) is 6.38. The molecule has 0 aromatic heterocycles. The summed E-state index contributed by atoms with van der Waals surface area (Å²) in [7, 11) is 0. The summed E-state index contributed by atoms with van der Waals surface area (Å²) in [6.07, 6.45) is 0.524. The number of hydrogen-bond acceptors (Lipinski definition) is 4. The van der Waals surface area contributed by atoms with Crippen molar-refractivity contribution in [2.75, 3.05) is 6.54 Å². The van der Waals surface area contributed by atoms with E-state index in [2.05, 4.69) is 0 Å². The van der Waals surface area contributed by atoms with E-state index in [0.29, 0.717) is 12.1 Å². The minimum atomic E-state index is -0.236. The summed E-state index contributed by atoms with van der Waals surface area (Å²) in [5.41, 5.74) is 2.19. The molecule has 1 aliphatic heterocycles. The Morgan fingerprint density at radius 1 is 0.963 bits per heavy atom. The lowest BCUT2D eigenvalue weighted by molar-refractivity contribution is -0.139. The number of nitriles is 1. The van der Waals surface area contributed by atoms with Crippen molar-refractivity contribution in [1.82, 2.24) is 9.80 Å². The highest BCUT2D eigenvalue weighted by atomic mass is 16.2. The van der Waals surface area contributed by atoms with E-state index in [0.717, 1.165) is 11.1 Å². The van der Waals surface area contributed by atoms with Gasteiger partial charge in [-0.05, 0) is 23.3 Å². The summed E-state index contributed by atoms with van der Waals surface area (Å²) in [6.45, 7) is 0.566. The number of imide groups is 1. The molecule has 1 heterocycles. The molecule has 0 N–H and O–H groups in total. The maximum atomic E-state index is 12.8. The predicted octanol–water partition coefficient (Wildman–Crippen LogP) is 2.50. The molecule has 3 rings (SSSR count). The van der Waals surface area contributed by atoms with E-state index >= 15 is 0 Å². The Labute approximate surface area is 157 Å². The highest BCUT2D eigenvalue weighted by Gasteiger charge is 2.28. The van der Waals surface area contributed by atoms with Crippen LogP contribution in [0.3, 0.4) is 0 Å². The lowest BCUT2D eigenvalue weighted by atomic mass is 10.1. The molecule has 0 atom stereocenters. The lowest BCUT2D eigenvalue weighted by Crippen LogP contribution is -2.31. The Balaban J connectivity index is 1.70. The molecule has 2 aromatic carbocycles. The lowest BCUT2D eigenvalue weighted by Gasteiger charge is -2.20. The largest absolute Gasteiger partial charge is 0.321 e. The van der Waals surface area contributed by atoms with E-state index in [1.165, 1.54) is 9.80 Å². The molecule has 136 valence electrons. The van der Waals surface area contributed by atoms with Crippen LogP contribution in [0.25, 0.3) is 0 Å². The number of likely N-dealkylation sites (tertiary alicyclic amines) is 1. The van der Waals surface area contributed by atoms with Gasteiger partial charge in [-0.1, -0.05) is 42.5 Å². The van der Waals surface area contributed by atoms with E-state index in [-0.39, 0.29) is 43.7 Å². The summed E-state index contributed by atoms with van der Waals surface area (Å²) in [5, 5.41) is 9.05.